The third-order valence-corrected chi connectivity index (χ3v) is 2.75. The molecular weight excluding hydrogens is 201 g/mol. The fourth-order valence-electron chi connectivity index (χ4n) is 0.590. The second kappa shape index (κ2) is 4.97. The maximum Gasteiger partial charge on any atom is 0.512 e. The van der Waals surface area contributed by atoms with Crippen LogP contribution in [0.1, 0.15) is 27.7 Å². The van der Waals surface area contributed by atoms with Crippen molar-refractivity contribution in [3.05, 3.63) is 0 Å². The molecule has 1 radical (unpaired) electrons. The second-order valence-corrected chi connectivity index (χ2v) is 4.73. The molecular formula is C7H14F3O2Si. The molecule has 0 heterocycles. The Morgan fingerprint density at radius 2 is 1.23 bits per heavy atom. The highest BCUT2D eigenvalue weighted by Crippen LogP contribution is 2.22. The molecule has 0 aliphatic rings. The van der Waals surface area contributed by atoms with Gasteiger partial charge in [0.2, 0.25) is 0 Å². The van der Waals surface area contributed by atoms with Crippen LogP contribution in [0.25, 0.3) is 0 Å². The molecule has 0 unspecified atom stereocenters. The van der Waals surface area contributed by atoms with E-state index in [-0.39, 0.29) is 0 Å². The third-order valence-electron chi connectivity index (χ3n) is 0.917. The van der Waals surface area contributed by atoms with E-state index < -0.39 is 27.3 Å². The van der Waals surface area contributed by atoms with E-state index in [2.05, 4.69) is 8.85 Å². The third kappa shape index (κ3) is 6.06. The van der Waals surface area contributed by atoms with Gasteiger partial charge in [0.25, 0.3) is 0 Å². The zero-order chi connectivity index (χ0) is 10.6. The van der Waals surface area contributed by atoms with Gasteiger partial charge in [-0.15, -0.1) is 0 Å². The van der Waals surface area contributed by atoms with Gasteiger partial charge >= 0.3 is 15.1 Å². The summed E-state index contributed by atoms with van der Waals surface area (Å²) in [5, 5.41) is 0. The summed E-state index contributed by atoms with van der Waals surface area (Å²) in [4.78, 5) is 0. The Bertz CT molecular complexity index is 137. The van der Waals surface area contributed by atoms with E-state index in [0.29, 0.717) is 0 Å². The van der Waals surface area contributed by atoms with Gasteiger partial charge < -0.3 is 8.85 Å². The van der Waals surface area contributed by atoms with Gasteiger partial charge in [0, 0.05) is 12.2 Å². The van der Waals surface area contributed by atoms with Gasteiger partial charge in [-0.2, -0.15) is 13.2 Å². The van der Waals surface area contributed by atoms with Crippen LogP contribution in [0.3, 0.4) is 0 Å². The van der Waals surface area contributed by atoms with Crippen LogP contribution >= 0.6 is 0 Å². The summed E-state index contributed by atoms with van der Waals surface area (Å²) in [7, 11) is -3.16. The van der Waals surface area contributed by atoms with E-state index >= 15 is 0 Å². The SMILES string of the molecule is CC(C)O[Si](OC(C)C)C(F)(F)F. The molecule has 2 nitrogen and oxygen atoms in total. The smallest absolute Gasteiger partial charge is 0.385 e. The van der Waals surface area contributed by atoms with Gasteiger partial charge in [-0.1, -0.05) is 0 Å². The van der Waals surface area contributed by atoms with Crippen molar-refractivity contribution >= 4 is 9.28 Å². The lowest BCUT2D eigenvalue weighted by atomic mass is 10.5. The first-order valence-corrected chi connectivity index (χ1v) is 5.32. The molecule has 0 atom stereocenters. The number of hydrogen-bond acceptors (Lipinski definition) is 2. The van der Waals surface area contributed by atoms with Crippen LogP contribution < -0.4 is 0 Å². The van der Waals surface area contributed by atoms with Crippen molar-refractivity contribution in [2.24, 2.45) is 0 Å². The fourth-order valence-corrected chi connectivity index (χ4v) is 1.77. The summed E-state index contributed by atoms with van der Waals surface area (Å²) in [6.07, 6.45) is -0.927. The Morgan fingerprint density at radius 1 is 0.923 bits per heavy atom. The molecule has 0 aromatic rings. The molecule has 0 fully saturated rings. The average Bonchev–Trinajstić information content (AvgIpc) is 1.81. The van der Waals surface area contributed by atoms with Crippen molar-refractivity contribution in [1.29, 1.82) is 0 Å². The molecule has 0 aromatic carbocycles. The Labute approximate surface area is 77.9 Å². The van der Waals surface area contributed by atoms with Gasteiger partial charge in [0.05, 0.1) is 0 Å². The first-order valence-electron chi connectivity index (χ1n) is 4.01. The summed E-state index contributed by atoms with van der Waals surface area (Å²) >= 11 is 0. The summed E-state index contributed by atoms with van der Waals surface area (Å²) in [5.74, 6) is -4.36. The molecule has 0 rings (SSSR count). The minimum atomic E-state index is -4.36. The van der Waals surface area contributed by atoms with Crippen molar-refractivity contribution in [2.45, 2.75) is 45.7 Å². The van der Waals surface area contributed by atoms with E-state index in [4.69, 9.17) is 0 Å². The summed E-state index contributed by atoms with van der Waals surface area (Å²) in [6, 6.07) is 0. The normalized spacial score (nSPS) is 13.4. The van der Waals surface area contributed by atoms with Crippen molar-refractivity contribution in [3.8, 4) is 0 Å². The minimum absolute atomic E-state index is 0.464. The topological polar surface area (TPSA) is 18.5 Å². The number of alkyl halides is 3. The molecule has 0 bridgehead atoms. The summed E-state index contributed by atoms with van der Waals surface area (Å²) < 4.78 is 46.1. The quantitative estimate of drug-likeness (QED) is 0.670. The number of halogens is 3. The number of rotatable bonds is 4. The van der Waals surface area contributed by atoms with E-state index in [9.17, 15) is 13.2 Å². The van der Waals surface area contributed by atoms with Crippen LogP contribution in [-0.2, 0) is 8.85 Å². The lowest BCUT2D eigenvalue weighted by molar-refractivity contribution is -0.0952. The van der Waals surface area contributed by atoms with Crippen LogP contribution in [0.4, 0.5) is 13.2 Å². The standard InChI is InChI=1S/C7H14F3O2Si/c1-5(2)11-13(7(8,9)10)12-6(3)4/h5-6H,1-4H3. The van der Waals surface area contributed by atoms with Crippen molar-refractivity contribution in [3.63, 3.8) is 0 Å². The second-order valence-electron chi connectivity index (χ2n) is 3.12. The van der Waals surface area contributed by atoms with E-state index in [0.717, 1.165) is 0 Å². The Hall–Kier alpha value is -0.0731. The van der Waals surface area contributed by atoms with Crippen molar-refractivity contribution < 1.29 is 22.0 Å². The predicted molar refractivity (Wildman–Crippen MR) is 44.3 cm³/mol. The van der Waals surface area contributed by atoms with E-state index in [1.165, 1.54) is 0 Å². The zero-order valence-corrected chi connectivity index (χ0v) is 9.11. The molecule has 0 spiro atoms. The molecule has 0 aliphatic carbocycles. The van der Waals surface area contributed by atoms with Gasteiger partial charge in [-0.3, -0.25) is 0 Å². The van der Waals surface area contributed by atoms with E-state index in [1.807, 2.05) is 0 Å². The van der Waals surface area contributed by atoms with Crippen LogP contribution in [0, 0.1) is 0 Å². The van der Waals surface area contributed by atoms with Crippen LogP contribution in [0.2, 0.25) is 0 Å². The van der Waals surface area contributed by atoms with Crippen LogP contribution in [0.5, 0.6) is 0 Å². The maximum absolute atomic E-state index is 12.2. The monoisotopic (exact) mass is 215 g/mol. The average molecular weight is 215 g/mol. The first kappa shape index (κ1) is 12.9. The molecule has 0 saturated heterocycles. The highest BCUT2D eigenvalue weighted by atomic mass is 28.3. The van der Waals surface area contributed by atoms with Crippen LogP contribution in [0.15, 0.2) is 0 Å². The van der Waals surface area contributed by atoms with Crippen molar-refractivity contribution in [2.75, 3.05) is 0 Å². The lowest BCUT2D eigenvalue weighted by Crippen LogP contribution is -2.43. The summed E-state index contributed by atoms with van der Waals surface area (Å²) in [5.41, 5.74) is 0. The van der Waals surface area contributed by atoms with Crippen LogP contribution in [-0.4, -0.2) is 27.3 Å². The van der Waals surface area contributed by atoms with Gasteiger partial charge in [-0.05, 0) is 27.7 Å². The highest BCUT2D eigenvalue weighted by Gasteiger charge is 2.48. The molecule has 0 aliphatic heterocycles. The molecule has 79 valence electrons. The van der Waals surface area contributed by atoms with Gasteiger partial charge in [0.15, 0.2) is 0 Å². The Balaban J connectivity index is 4.20. The Kier molecular flexibility index (Phi) is 4.94. The molecule has 0 amide bonds. The fraction of sp³-hybridized carbons (Fsp3) is 1.00. The Morgan fingerprint density at radius 3 is 1.38 bits per heavy atom. The molecule has 0 N–H and O–H groups in total. The lowest BCUT2D eigenvalue weighted by Gasteiger charge is -2.21. The zero-order valence-electron chi connectivity index (χ0n) is 8.11. The summed E-state index contributed by atoms with van der Waals surface area (Å²) in [6.45, 7) is 6.22. The van der Waals surface area contributed by atoms with E-state index in [1.54, 1.807) is 27.7 Å². The predicted octanol–water partition coefficient (Wildman–Crippen LogP) is 2.43. The molecule has 0 aromatic heterocycles. The van der Waals surface area contributed by atoms with Gasteiger partial charge in [0.1, 0.15) is 0 Å². The minimum Gasteiger partial charge on any atom is -0.385 e. The molecule has 13 heavy (non-hydrogen) atoms. The maximum atomic E-state index is 12.2. The molecule has 0 saturated carbocycles. The van der Waals surface area contributed by atoms with Gasteiger partial charge in [-0.25, -0.2) is 0 Å². The van der Waals surface area contributed by atoms with Crippen molar-refractivity contribution in [1.82, 2.24) is 0 Å². The highest BCUT2D eigenvalue weighted by molar-refractivity contribution is 6.47. The number of hydrogen-bond donors (Lipinski definition) is 0. The first-order chi connectivity index (χ1) is 5.73. The molecule has 6 heteroatoms. The largest absolute Gasteiger partial charge is 0.512 e.